The second-order valence-corrected chi connectivity index (χ2v) is 9.44. The van der Waals surface area contributed by atoms with Crippen molar-refractivity contribution in [2.45, 2.75) is 19.3 Å². The molecule has 0 saturated heterocycles. The Morgan fingerprint density at radius 3 is 2.31 bits per heavy atom. The van der Waals surface area contributed by atoms with Crippen LogP contribution in [0.15, 0.2) is 49.4 Å². The van der Waals surface area contributed by atoms with Gasteiger partial charge in [-0.25, -0.2) is 8.78 Å². The fourth-order valence-electron chi connectivity index (χ4n) is 4.82. The number of hydrogen-bond donors (Lipinski definition) is 0. The van der Waals surface area contributed by atoms with Crippen molar-refractivity contribution in [3.05, 3.63) is 60.6 Å². The lowest BCUT2D eigenvalue weighted by Gasteiger charge is -2.35. The molecule has 0 saturated carbocycles. The van der Waals surface area contributed by atoms with Gasteiger partial charge in [-0.05, 0) is 54.4 Å². The molecular weight excluding hydrogens is 446 g/mol. The quantitative estimate of drug-likeness (QED) is 0.425. The zero-order valence-electron chi connectivity index (χ0n) is 21.4. The minimum absolute atomic E-state index is 0.0322. The molecule has 186 valence electrons. The van der Waals surface area contributed by atoms with Gasteiger partial charge in [0.2, 0.25) is 0 Å². The normalized spacial score (nSPS) is 13.1. The molecule has 1 aliphatic rings. The van der Waals surface area contributed by atoms with Crippen molar-refractivity contribution < 1.29 is 8.78 Å². The maximum atomic E-state index is 14.3. The lowest BCUT2D eigenvalue weighted by Crippen LogP contribution is -2.27. The van der Waals surface area contributed by atoms with E-state index >= 15 is 0 Å². The topological polar surface area (TPSA) is 30.8 Å². The SMILES string of the molecule is C=CN(C)c1cc(N2CCCc3cc(-c4cnn(C)c4)c(C(F)F)cc32)cc(N(C)C)c1N(C)C. The molecule has 0 unspecified atom stereocenters. The predicted octanol–water partition coefficient (Wildman–Crippen LogP) is 5.82. The molecule has 2 heterocycles. The largest absolute Gasteiger partial charge is 0.376 e. The number of benzene rings is 2. The summed E-state index contributed by atoms with van der Waals surface area (Å²) in [5, 5.41) is 4.19. The van der Waals surface area contributed by atoms with Gasteiger partial charge in [0, 0.05) is 77.5 Å². The Labute approximate surface area is 206 Å². The van der Waals surface area contributed by atoms with Crippen molar-refractivity contribution in [2.24, 2.45) is 7.05 Å². The van der Waals surface area contributed by atoms with Gasteiger partial charge in [0.15, 0.2) is 0 Å². The number of alkyl halides is 2. The summed E-state index contributed by atoms with van der Waals surface area (Å²) < 4.78 is 30.2. The Morgan fingerprint density at radius 1 is 1.03 bits per heavy atom. The molecule has 0 fully saturated rings. The molecule has 0 radical (unpaired) electrons. The molecule has 1 aliphatic heterocycles. The van der Waals surface area contributed by atoms with Crippen LogP contribution in [0.5, 0.6) is 0 Å². The van der Waals surface area contributed by atoms with Crippen LogP contribution in [-0.4, -0.2) is 51.6 Å². The minimum Gasteiger partial charge on any atom is -0.376 e. The van der Waals surface area contributed by atoms with Crippen LogP contribution in [0.3, 0.4) is 0 Å². The van der Waals surface area contributed by atoms with Gasteiger partial charge < -0.3 is 19.6 Å². The summed E-state index contributed by atoms with van der Waals surface area (Å²) in [6.45, 7) is 4.71. The fraction of sp³-hybridized carbons (Fsp3) is 0.370. The highest BCUT2D eigenvalue weighted by atomic mass is 19.3. The smallest absolute Gasteiger partial charge is 0.264 e. The summed E-state index contributed by atoms with van der Waals surface area (Å²) in [7, 11) is 11.8. The lowest BCUT2D eigenvalue weighted by molar-refractivity contribution is 0.152. The molecule has 6 nitrogen and oxygen atoms in total. The van der Waals surface area contributed by atoms with Crippen molar-refractivity contribution in [2.75, 3.05) is 61.4 Å². The molecule has 3 aromatic rings. The zero-order valence-corrected chi connectivity index (χ0v) is 21.4. The summed E-state index contributed by atoms with van der Waals surface area (Å²) >= 11 is 0. The van der Waals surface area contributed by atoms with Gasteiger partial charge in [-0.2, -0.15) is 5.10 Å². The van der Waals surface area contributed by atoms with Crippen LogP contribution in [0.2, 0.25) is 0 Å². The van der Waals surface area contributed by atoms with Crippen LogP contribution < -0.4 is 19.6 Å². The van der Waals surface area contributed by atoms with Crippen molar-refractivity contribution in [1.82, 2.24) is 9.78 Å². The lowest BCUT2D eigenvalue weighted by atomic mass is 9.92. The van der Waals surface area contributed by atoms with Gasteiger partial charge in [-0.1, -0.05) is 6.58 Å². The van der Waals surface area contributed by atoms with E-state index < -0.39 is 6.43 Å². The van der Waals surface area contributed by atoms with Crippen LogP contribution in [0, 0.1) is 0 Å². The third-order valence-corrected chi connectivity index (χ3v) is 6.57. The van der Waals surface area contributed by atoms with E-state index in [1.165, 1.54) is 0 Å². The Balaban J connectivity index is 1.91. The van der Waals surface area contributed by atoms with E-state index in [0.29, 0.717) is 11.1 Å². The molecule has 0 bridgehead atoms. The molecule has 35 heavy (non-hydrogen) atoms. The summed E-state index contributed by atoms with van der Waals surface area (Å²) in [5.74, 6) is 0. The van der Waals surface area contributed by atoms with Crippen molar-refractivity contribution in [3.8, 4) is 11.1 Å². The number of fused-ring (bicyclic) bond motifs is 1. The first-order chi connectivity index (χ1) is 16.6. The van der Waals surface area contributed by atoms with E-state index in [2.05, 4.69) is 38.5 Å². The maximum Gasteiger partial charge on any atom is 0.264 e. The number of nitrogens with zero attached hydrogens (tertiary/aromatic N) is 6. The Bertz CT molecular complexity index is 1230. The number of hydrogen-bond acceptors (Lipinski definition) is 5. The van der Waals surface area contributed by atoms with Crippen LogP contribution in [0.1, 0.15) is 24.0 Å². The second kappa shape index (κ2) is 9.60. The van der Waals surface area contributed by atoms with Gasteiger partial charge >= 0.3 is 0 Å². The minimum atomic E-state index is -2.59. The maximum absolute atomic E-state index is 14.3. The van der Waals surface area contributed by atoms with Gasteiger partial charge in [-0.15, -0.1) is 0 Å². The second-order valence-electron chi connectivity index (χ2n) is 9.44. The van der Waals surface area contributed by atoms with E-state index in [1.807, 2.05) is 46.2 Å². The Morgan fingerprint density at radius 2 is 1.74 bits per heavy atom. The van der Waals surface area contributed by atoms with Crippen LogP contribution in [-0.2, 0) is 13.5 Å². The molecule has 1 aromatic heterocycles. The summed E-state index contributed by atoms with van der Waals surface area (Å²) in [5.41, 5.74) is 7.29. The Hall–Kier alpha value is -3.55. The first-order valence-electron chi connectivity index (χ1n) is 11.7. The molecule has 0 N–H and O–H groups in total. The molecule has 0 amide bonds. The van der Waals surface area contributed by atoms with Gasteiger partial charge in [-0.3, -0.25) is 4.68 Å². The first-order valence-corrected chi connectivity index (χ1v) is 11.7. The highest BCUT2D eigenvalue weighted by Crippen LogP contribution is 2.46. The summed E-state index contributed by atoms with van der Waals surface area (Å²) in [6.07, 6.45) is 4.41. The standard InChI is InChI=1S/C27H34F2N6/c1-8-33(6)25-14-20(13-24(31(2)3)26(25)32(4)5)35-11-9-10-18-12-21(19-16-30-34(7)17-19)22(27(28)29)15-23(18)35/h8,12-17,27H,1,9-11H2,2-7H3. The van der Waals surface area contributed by atoms with Crippen LogP contribution >= 0.6 is 0 Å². The van der Waals surface area contributed by atoms with Gasteiger partial charge in [0.25, 0.3) is 6.43 Å². The van der Waals surface area contributed by atoms with Crippen LogP contribution in [0.4, 0.5) is 37.2 Å². The van der Waals surface area contributed by atoms with Crippen LogP contribution in [0.25, 0.3) is 11.1 Å². The Kier molecular flexibility index (Phi) is 6.74. The number of halogens is 2. The van der Waals surface area contributed by atoms with Gasteiger partial charge in [0.05, 0.1) is 23.3 Å². The molecule has 0 atom stereocenters. The van der Waals surface area contributed by atoms with E-state index in [0.717, 1.165) is 53.4 Å². The third-order valence-electron chi connectivity index (χ3n) is 6.57. The molecule has 4 rings (SSSR count). The number of aryl methyl sites for hydroxylation is 2. The van der Waals surface area contributed by atoms with E-state index in [-0.39, 0.29) is 5.56 Å². The molecule has 0 spiro atoms. The fourth-order valence-corrected chi connectivity index (χ4v) is 4.82. The monoisotopic (exact) mass is 480 g/mol. The van der Waals surface area contributed by atoms with Crippen molar-refractivity contribution in [1.29, 1.82) is 0 Å². The predicted molar refractivity (Wildman–Crippen MR) is 143 cm³/mol. The summed E-state index contributed by atoms with van der Waals surface area (Å²) in [6, 6.07) is 7.86. The highest BCUT2D eigenvalue weighted by Gasteiger charge is 2.26. The summed E-state index contributed by atoms with van der Waals surface area (Å²) in [4.78, 5) is 8.34. The molecular formula is C27H34F2N6. The van der Waals surface area contributed by atoms with E-state index in [1.54, 1.807) is 36.4 Å². The molecule has 0 aliphatic carbocycles. The average Bonchev–Trinajstić information content (AvgIpc) is 3.27. The van der Waals surface area contributed by atoms with E-state index in [9.17, 15) is 8.78 Å². The third kappa shape index (κ3) is 4.57. The highest BCUT2D eigenvalue weighted by molar-refractivity contribution is 5.90. The number of aromatic nitrogens is 2. The zero-order chi connectivity index (χ0) is 25.4. The number of rotatable bonds is 7. The van der Waals surface area contributed by atoms with Crippen molar-refractivity contribution >= 4 is 28.4 Å². The first kappa shape index (κ1) is 24.6. The van der Waals surface area contributed by atoms with Crippen molar-refractivity contribution in [3.63, 3.8) is 0 Å². The average molecular weight is 481 g/mol. The molecule has 8 heteroatoms. The molecule has 2 aromatic carbocycles. The number of anilines is 5. The van der Waals surface area contributed by atoms with E-state index in [4.69, 9.17) is 0 Å². The van der Waals surface area contributed by atoms with Gasteiger partial charge in [0.1, 0.15) is 0 Å².